The average molecular weight is 461 g/mol. The molecule has 1 aliphatic rings. The normalized spacial score (nSPS) is 20.7. The average Bonchev–Trinajstić information content (AvgIpc) is 2.77. The van der Waals surface area contributed by atoms with Crippen molar-refractivity contribution in [3.8, 4) is 5.75 Å². The molecule has 0 spiro atoms. The number of nitrogens with zero attached hydrogens (tertiary/aromatic N) is 4. The predicted octanol–water partition coefficient (Wildman–Crippen LogP) is 4.09. The quantitative estimate of drug-likeness (QED) is 0.493. The lowest BCUT2D eigenvalue weighted by Crippen LogP contribution is -2.58. The second-order valence-corrected chi connectivity index (χ2v) is 9.63. The number of quaternary nitrogens is 1. The van der Waals surface area contributed by atoms with E-state index < -0.39 is 5.60 Å². The highest BCUT2D eigenvalue weighted by Gasteiger charge is 2.41. The highest BCUT2D eigenvalue weighted by molar-refractivity contribution is 5.60. The molecule has 3 rings (SSSR count). The van der Waals surface area contributed by atoms with E-state index in [-0.39, 0.29) is 23.7 Å². The van der Waals surface area contributed by atoms with Gasteiger partial charge in [-0.25, -0.2) is 18.8 Å². The van der Waals surface area contributed by atoms with E-state index in [1.54, 1.807) is 18.2 Å². The molecule has 1 aromatic heterocycles. The molecule has 0 aliphatic carbocycles. The lowest BCUT2D eigenvalue weighted by atomic mass is 10.0. The minimum absolute atomic E-state index is 0.172. The van der Waals surface area contributed by atoms with E-state index in [9.17, 15) is 9.18 Å². The Morgan fingerprint density at radius 3 is 2.61 bits per heavy atom. The number of anilines is 2. The van der Waals surface area contributed by atoms with Crippen molar-refractivity contribution in [3.05, 3.63) is 42.5 Å². The van der Waals surface area contributed by atoms with Gasteiger partial charge in [0.15, 0.2) is 11.6 Å². The summed E-state index contributed by atoms with van der Waals surface area (Å²) in [6.45, 7) is 7.89. The first kappa shape index (κ1) is 24.7. The maximum absolute atomic E-state index is 13.6. The Kier molecular flexibility index (Phi) is 7.73. The van der Waals surface area contributed by atoms with Crippen LogP contribution in [0.2, 0.25) is 0 Å². The Labute approximate surface area is 195 Å². The number of amides is 1. The van der Waals surface area contributed by atoms with Gasteiger partial charge in [0, 0.05) is 32.0 Å². The number of carbonyl (C=O) groups is 1. The van der Waals surface area contributed by atoms with E-state index in [1.807, 2.05) is 40.9 Å². The maximum Gasteiger partial charge on any atom is 0.516 e. The minimum atomic E-state index is -0.489. The first-order valence-electron chi connectivity index (χ1n) is 11.3. The number of rotatable bonds is 7. The summed E-state index contributed by atoms with van der Waals surface area (Å²) in [5.74, 6) is 1.34. The molecule has 1 aromatic carbocycles. The highest BCUT2D eigenvalue weighted by Crippen LogP contribution is 2.26. The smallest absolute Gasteiger partial charge is 0.489 e. The summed E-state index contributed by atoms with van der Waals surface area (Å²) >= 11 is 0. The molecule has 1 saturated heterocycles. The van der Waals surface area contributed by atoms with E-state index in [0.717, 1.165) is 18.7 Å². The zero-order chi connectivity index (χ0) is 24.1. The number of ether oxygens (including phenoxy) is 2. The van der Waals surface area contributed by atoms with Crippen LogP contribution in [-0.2, 0) is 4.74 Å². The summed E-state index contributed by atoms with van der Waals surface area (Å²) in [4.78, 5) is 23.5. The molecule has 0 bridgehead atoms. The van der Waals surface area contributed by atoms with Crippen LogP contribution in [0.25, 0.3) is 0 Å². The fraction of sp³-hybridized carbons (Fsp3) is 0.542. The lowest BCUT2D eigenvalue weighted by Gasteiger charge is -2.41. The molecular weight excluding hydrogens is 425 g/mol. The third-order valence-electron chi connectivity index (χ3n) is 5.81. The summed E-state index contributed by atoms with van der Waals surface area (Å²) in [5.41, 5.74) is -0.489. The maximum atomic E-state index is 13.6. The van der Waals surface area contributed by atoms with Gasteiger partial charge in [0.05, 0.1) is 26.7 Å². The molecule has 1 fully saturated rings. The van der Waals surface area contributed by atoms with Crippen molar-refractivity contribution >= 4 is 17.7 Å². The molecule has 0 unspecified atom stereocenters. The molecule has 1 aliphatic heterocycles. The van der Waals surface area contributed by atoms with Crippen molar-refractivity contribution in [1.29, 1.82) is 0 Å². The van der Waals surface area contributed by atoms with Crippen LogP contribution in [-0.4, -0.2) is 72.5 Å². The van der Waals surface area contributed by atoms with Crippen LogP contribution in [0.4, 0.5) is 20.8 Å². The molecule has 2 heterocycles. The van der Waals surface area contributed by atoms with Gasteiger partial charge in [-0.1, -0.05) is 12.1 Å². The monoisotopic (exact) mass is 460 g/mol. The number of halogens is 1. The number of hydrogen-bond acceptors (Lipinski definition) is 7. The van der Waals surface area contributed by atoms with Crippen molar-refractivity contribution in [1.82, 2.24) is 9.97 Å². The Morgan fingerprint density at radius 1 is 1.24 bits per heavy atom. The van der Waals surface area contributed by atoms with Crippen molar-refractivity contribution < 1.29 is 23.1 Å². The molecule has 8 nitrogen and oxygen atoms in total. The summed E-state index contributed by atoms with van der Waals surface area (Å²) in [6.07, 6.45) is 3.07. The van der Waals surface area contributed by atoms with Gasteiger partial charge in [0.2, 0.25) is 0 Å². The van der Waals surface area contributed by atoms with Gasteiger partial charge in [-0.05, 0) is 32.9 Å². The number of para-hydroxylation sites is 1. The van der Waals surface area contributed by atoms with Gasteiger partial charge < -0.3 is 19.7 Å². The SMILES string of the molecule is CN(c1cc(NCCOc2ccccc2F)ncn1)C1CC[N+](C)(C(=O)OC(C)(C)C)CC1. The van der Waals surface area contributed by atoms with Crippen LogP contribution in [0.5, 0.6) is 5.75 Å². The third-order valence-corrected chi connectivity index (χ3v) is 5.81. The number of aromatic nitrogens is 2. The number of piperidine rings is 1. The summed E-state index contributed by atoms with van der Waals surface area (Å²) in [7, 11) is 3.96. The summed E-state index contributed by atoms with van der Waals surface area (Å²) in [6, 6.07) is 8.49. The van der Waals surface area contributed by atoms with Crippen molar-refractivity contribution in [2.24, 2.45) is 0 Å². The molecule has 1 N–H and O–H groups in total. The standard InChI is InChI=1S/C24H35FN5O3/c1-24(2,3)33-23(31)30(5)13-10-18(11-14-30)29(4)22-16-21(27-17-28-22)26-12-15-32-20-9-7-6-8-19(20)25/h6-9,16-18H,10-15H2,1-5H3,(H,26,27,28)/q+1. The number of carbonyl (C=O) groups excluding carboxylic acids is 1. The largest absolute Gasteiger partial charge is 0.516 e. The lowest BCUT2D eigenvalue weighted by molar-refractivity contribution is -0.844. The van der Waals surface area contributed by atoms with Gasteiger partial charge in [-0.2, -0.15) is 4.79 Å². The van der Waals surface area contributed by atoms with Gasteiger partial charge in [-0.15, -0.1) is 0 Å². The van der Waals surface area contributed by atoms with Crippen molar-refractivity contribution in [2.45, 2.75) is 45.3 Å². The topological polar surface area (TPSA) is 76.6 Å². The molecular formula is C24H35FN5O3+. The van der Waals surface area contributed by atoms with Crippen LogP contribution >= 0.6 is 0 Å². The van der Waals surface area contributed by atoms with Crippen LogP contribution in [0.1, 0.15) is 33.6 Å². The van der Waals surface area contributed by atoms with E-state index >= 15 is 0 Å². The van der Waals surface area contributed by atoms with Crippen molar-refractivity contribution in [2.75, 3.05) is 50.6 Å². The Morgan fingerprint density at radius 2 is 1.94 bits per heavy atom. The van der Waals surface area contributed by atoms with Gasteiger partial charge >= 0.3 is 6.09 Å². The Bertz CT molecular complexity index is 942. The fourth-order valence-corrected chi connectivity index (χ4v) is 3.79. The molecule has 0 radical (unpaired) electrons. The van der Waals surface area contributed by atoms with Crippen LogP contribution in [0, 0.1) is 5.82 Å². The molecule has 0 saturated carbocycles. The van der Waals surface area contributed by atoms with E-state index in [4.69, 9.17) is 9.47 Å². The third kappa shape index (κ3) is 6.77. The van der Waals surface area contributed by atoms with Gasteiger partial charge in [-0.3, -0.25) is 0 Å². The predicted molar refractivity (Wildman–Crippen MR) is 126 cm³/mol. The van der Waals surface area contributed by atoms with E-state index in [2.05, 4.69) is 20.2 Å². The molecule has 9 heteroatoms. The van der Waals surface area contributed by atoms with E-state index in [0.29, 0.717) is 36.5 Å². The first-order valence-corrected chi connectivity index (χ1v) is 11.3. The van der Waals surface area contributed by atoms with Crippen molar-refractivity contribution in [3.63, 3.8) is 0 Å². The number of likely N-dealkylation sites (tertiary alicyclic amines) is 1. The summed E-state index contributed by atoms with van der Waals surface area (Å²) in [5, 5.41) is 3.19. The van der Waals surface area contributed by atoms with Gasteiger partial charge in [0.1, 0.15) is 30.2 Å². The van der Waals surface area contributed by atoms with Crippen LogP contribution < -0.4 is 15.0 Å². The zero-order valence-corrected chi connectivity index (χ0v) is 20.2. The zero-order valence-electron chi connectivity index (χ0n) is 20.2. The second-order valence-electron chi connectivity index (χ2n) is 9.63. The Balaban J connectivity index is 1.51. The highest BCUT2D eigenvalue weighted by atomic mass is 19.1. The molecule has 180 valence electrons. The minimum Gasteiger partial charge on any atom is -0.489 e. The van der Waals surface area contributed by atoms with Crippen LogP contribution in [0.15, 0.2) is 36.7 Å². The van der Waals surface area contributed by atoms with E-state index in [1.165, 1.54) is 12.4 Å². The summed E-state index contributed by atoms with van der Waals surface area (Å²) < 4.78 is 25.0. The fourth-order valence-electron chi connectivity index (χ4n) is 3.79. The molecule has 0 atom stereocenters. The molecule has 2 aromatic rings. The molecule has 33 heavy (non-hydrogen) atoms. The number of benzene rings is 1. The van der Waals surface area contributed by atoms with Crippen LogP contribution in [0.3, 0.4) is 0 Å². The molecule has 1 amide bonds. The second kappa shape index (κ2) is 10.3. The number of nitrogens with one attached hydrogen (secondary N) is 1. The first-order chi connectivity index (χ1) is 15.6. The van der Waals surface area contributed by atoms with Gasteiger partial charge in [0.25, 0.3) is 0 Å². The Hall–Kier alpha value is -2.94. The number of hydrogen-bond donors (Lipinski definition) is 1.